The number of rotatable bonds is 3. The maximum Gasteiger partial charge on any atom is 0.306 e. The molecule has 0 radical (unpaired) electrons. The monoisotopic (exact) mass is 288 g/mol. The average Bonchev–Trinajstić information content (AvgIpc) is 2.95. The topological polar surface area (TPSA) is 63.1 Å². The number of carbonyl (C=O) groups is 1. The van der Waals surface area contributed by atoms with Crippen LogP contribution >= 0.6 is 0 Å². The van der Waals surface area contributed by atoms with Crippen molar-refractivity contribution in [1.29, 1.82) is 0 Å². The van der Waals surface area contributed by atoms with Crippen molar-refractivity contribution in [3.05, 3.63) is 22.8 Å². The maximum absolute atomic E-state index is 11.2. The van der Waals surface area contributed by atoms with Crippen LogP contribution in [0.1, 0.15) is 67.7 Å². The lowest BCUT2D eigenvalue weighted by Crippen LogP contribution is -2.25. The van der Waals surface area contributed by atoms with Crippen molar-refractivity contribution in [1.82, 2.24) is 9.97 Å². The van der Waals surface area contributed by atoms with Gasteiger partial charge in [0, 0.05) is 17.3 Å². The van der Waals surface area contributed by atoms with Gasteiger partial charge in [-0.3, -0.25) is 4.79 Å². The van der Waals surface area contributed by atoms with Crippen molar-refractivity contribution in [3.63, 3.8) is 0 Å². The second kappa shape index (κ2) is 5.74. The standard InChI is InChI=1S/C17H24N2O2/c1-3-11-4-5-12(8-11)16-18-10(2)14-9-13(17(20)21)6-7-15(14)19-16/h11-13H,3-9H2,1-2H3,(H,20,21). The second-order valence-corrected chi connectivity index (χ2v) is 6.65. The number of carboxylic acid groups (broad SMARTS) is 1. The molecule has 0 amide bonds. The third kappa shape index (κ3) is 2.81. The van der Waals surface area contributed by atoms with E-state index >= 15 is 0 Å². The summed E-state index contributed by atoms with van der Waals surface area (Å²) < 4.78 is 0. The van der Waals surface area contributed by atoms with Gasteiger partial charge in [0.15, 0.2) is 0 Å². The highest BCUT2D eigenvalue weighted by Gasteiger charge is 2.30. The molecule has 1 fully saturated rings. The molecule has 1 N–H and O–H groups in total. The van der Waals surface area contributed by atoms with Crippen LogP contribution in [0.25, 0.3) is 0 Å². The lowest BCUT2D eigenvalue weighted by atomic mass is 9.85. The first-order valence-electron chi connectivity index (χ1n) is 8.17. The Morgan fingerprint density at radius 3 is 2.76 bits per heavy atom. The zero-order chi connectivity index (χ0) is 15.0. The predicted octanol–water partition coefficient (Wildman–Crippen LogP) is 3.27. The van der Waals surface area contributed by atoms with Gasteiger partial charge in [0.05, 0.1) is 5.92 Å². The Bertz CT molecular complexity index is 556. The SMILES string of the molecule is CCC1CCC(c2nc(C)c3c(n2)CCC(C(=O)O)C3)C1. The third-order valence-electron chi connectivity index (χ3n) is 5.33. The van der Waals surface area contributed by atoms with Gasteiger partial charge in [-0.25, -0.2) is 9.97 Å². The molecule has 1 saturated carbocycles. The first-order valence-corrected chi connectivity index (χ1v) is 8.17. The van der Waals surface area contributed by atoms with Crippen molar-refractivity contribution in [2.75, 3.05) is 0 Å². The molecule has 114 valence electrons. The molecule has 0 aliphatic heterocycles. The number of hydrogen-bond acceptors (Lipinski definition) is 3. The van der Waals surface area contributed by atoms with Crippen LogP contribution in [0.15, 0.2) is 0 Å². The van der Waals surface area contributed by atoms with E-state index in [4.69, 9.17) is 9.97 Å². The number of hydrogen-bond donors (Lipinski definition) is 1. The Hall–Kier alpha value is -1.45. The van der Waals surface area contributed by atoms with Gasteiger partial charge in [-0.2, -0.15) is 0 Å². The first kappa shape index (κ1) is 14.5. The van der Waals surface area contributed by atoms with E-state index in [1.54, 1.807) is 0 Å². The molecule has 0 bridgehead atoms. The number of carboxylic acids is 1. The Morgan fingerprint density at radius 2 is 2.10 bits per heavy atom. The molecule has 3 unspecified atom stereocenters. The largest absolute Gasteiger partial charge is 0.481 e. The smallest absolute Gasteiger partial charge is 0.306 e. The molecule has 0 saturated heterocycles. The van der Waals surface area contributed by atoms with Crippen molar-refractivity contribution < 1.29 is 9.90 Å². The molecule has 4 heteroatoms. The van der Waals surface area contributed by atoms with Crippen LogP contribution in [0, 0.1) is 18.8 Å². The van der Waals surface area contributed by atoms with E-state index < -0.39 is 5.97 Å². The van der Waals surface area contributed by atoms with E-state index in [0.29, 0.717) is 18.8 Å². The molecule has 21 heavy (non-hydrogen) atoms. The van der Waals surface area contributed by atoms with E-state index in [2.05, 4.69) is 6.92 Å². The van der Waals surface area contributed by atoms with Crippen molar-refractivity contribution in [2.45, 2.75) is 64.7 Å². The number of aryl methyl sites for hydroxylation is 2. The number of nitrogens with zero attached hydrogens (tertiary/aromatic N) is 2. The minimum atomic E-state index is -0.689. The molecule has 2 aliphatic rings. The molecule has 1 aromatic heterocycles. The molecule has 2 aliphatic carbocycles. The molecule has 3 rings (SSSR count). The minimum Gasteiger partial charge on any atom is -0.481 e. The zero-order valence-electron chi connectivity index (χ0n) is 12.9. The molecule has 0 aromatic carbocycles. The molecule has 1 heterocycles. The fraction of sp³-hybridized carbons (Fsp3) is 0.706. The summed E-state index contributed by atoms with van der Waals surface area (Å²) in [6, 6.07) is 0. The van der Waals surface area contributed by atoms with E-state index in [-0.39, 0.29) is 5.92 Å². The van der Waals surface area contributed by atoms with Gasteiger partial charge in [-0.15, -0.1) is 0 Å². The van der Waals surface area contributed by atoms with E-state index in [0.717, 1.165) is 35.1 Å². The van der Waals surface area contributed by atoms with Crippen LogP contribution in [0.5, 0.6) is 0 Å². The Morgan fingerprint density at radius 1 is 1.29 bits per heavy atom. The van der Waals surface area contributed by atoms with E-state index in [1.807, 2.05) is 6.92 Å². The summed E-state index contributed by atoms with van der Waals surface area (Å²) in [7, 11) is 0. The van der Waals surface area contributed by atoms with Crippen LogP contribution in [0.4, 0.5) is 0 Å². The van der Waals surface area contributed by atoms with E-state index in [1.165, 1.54) is 25.7 Å². The highest BCUT2D eigenvalue weighted by molar-refractivity contribution is 5.71. The summed E-state index contributed by atoms with van der Waals surface area (Å²) in [5.74, 6) is 1.39. The second-order valence-electron chi connectivity index (χ2n) is 6.65. The summed E-state index contributed by atoms with van der Waals surface area (Å²) in [5, 5.41) is 9.20. The predicted molar refractivity (Wildman–Crippen MR) is 80.3 cm³/mol. The van der Waals surface area contributed by atoms with Gasteiger partial charge in [0.2, 0.25) is 0 Å². The van der Waals surface area contributed by atoms with Gasteiger partial charge in [-0.1, -0.05) is 13.3 Å². The van der Waals surface area contributed by atoms with Crippen molar-refractivity contribution in [3.8, 4) is 0 Å². The highest BCUT2D eigenvalue weighted by Crippen LogP contribution is 2.39. The lowest BCUT2D eigenvalue weighted by Gasteiger charge is -2.23. The fourth-order valence-electron chi connectivity index (χ4n) is 3.88. The summed E-state index contributed by atoms with van der Waals surface area (Å²) in [4.78, 5) is 20.7. The molecule has 0 spiro atoms. The van der Waals surface area contributed by atoms with E-state index in [9.17, 15) is 9.90 Å². The van der Waals surface area contributed by atoms with Gasteiger partial charge >= 0.3 is 5.97 Å². The number of fused-ring (bicyclic) bond motifs is 1. The minimum absolute atomic E-state index is 0.262. The molecular weight excluding hydrogens is 264 g/mol. The lowest BCUT2D eigenvalue weighted by molar-refractivity contribution is -0.142. The Kier molecular flexibility index (Phi) is 3.96. The quantitative estimate of drug-likeness (QED) is 0.927. The van der Waals surface area contributed by atoms with Gasteiger partial charge < -0.3 is 5.11 Å². The van der Waals surface area contributed by atoms with Crippen LogP contribution in [0.3, 0.4) is 0 Å². The van der Waals surface area contributed by atoms with Crippen LogP contribution in [-0.2, 0) is 17.6 Å². The summed E-state index contributed by atoms with van der Waals surface area (Å²) in [6.45, 7) is 4.28. The molecule has 1 aromatic rings. The van der Waals surface area contributed by atoms with Gasteiger partial charge in [0.1, 0.15) is 5.82 Å². The molecular formula is C17H24N2O2. The Labute approximate surface area is 126 Å². The number of aliphatic carboxylic acids is 1. The van der Waals surface area contributed by atoms with Crippen molar-refractivity contribution in [2.24, 2.45) is 11.8 Å². The van der Waals surface area contributed by atoms with Crippen LogP contribution in [0.2, 0.25) is 0 Å². The van der Waals surface area contributed by atoms with Crippen LogP contribution in [-0.4, -0.2) is 21.0 Å². The van der Waals surface area contributed by atoms with Gasteiger partial charge in [0.25, 0.3) is 0 Å². The number of aromatic nitrogens is 2. The summed E-state index contributed by atoms with van der Waals surface area (Å²) >= 11 is 0. The summed E-state index contributed by atoms with van der Waals surface area (Å²) in [5.41, 5.74) is 3.19. The van der Waals surface area contributed by atoms with Crippen LogP contribution < -0.4 is 0 Å². The summed E-state index contributed by atoms with van der Waals surface area (Å²) in [6.07, 6.45) is 7.05. The normalized spacial score (nSPS) is 28.4. The van der Waals surface area contributed by atoms with Gasteiger partial charge in [-0.05, 0) is 56.9 Å². The Balaban J connectivity index is 1.84. The third-order valence-corrected chi connectivity index (χ3v) is 5.33. The fourth-order valence-corrected chi connectivity index (χ4v) is 3.88. The van der Waals surface area contributed by atoms with Crippen molar-refractivity contribution >= 4 is 5.97 Å². The molecule has 4 nitrogen and oxygen atoms in total. The highest BCUT2D eigenvalue weighted by atomic mass is 16.4. The zero-order valence-corrected chi connectivity index (χ0v) is 12.9. The maximum atomic E-state index is 11.2. The molecule has 3 atom stereocenters. The average molecular weight is 288 g/mol. The first-order chi connectivity index (χ1) is 10.1.